The van der Waals surface area contributed by atoms with Crippen molar-refractivity contribution >= 4 is 72.4 Å². The van der Waals surface area contributed by atoms with Crippen LogP contribution in [0.4, 0.5) is 29.7 Å². The standard InChI is InChI=1S/C29H25ClF3N7O3S/c1-4-18(41)38-5-6-39-17(11-38)28(42)40-10-12(9-37(2)3)43-27-25(40)24(39)13-7-14(30)19(21(33)22(13)35-27)20-15(31)8-16(32)26-23(20)36-29(34)44-26/h4,7-8,12,17H,1,5-6,9-11H2,2-3H3,(H2,34,36)/t12-,17+/m0/s1. The highest BCUT2D eigenvalue weighted by Crippen LogP contribution is 2.52. The summed E-state index contributed by atoms with van der Waals surface area (Å²) >= 11 is 7.52. The predicted octanol–water partition coefficient (Wildman–Crippen LogP) is 4.04. The number of thiazole rings is 1. The van der Waals surface area contributed by atoms with Crippen LogP contribution in [0.1, 0.15) is 0 Å². The first kappa shape index (κ1) is 28.6. The maximum Gasteiger partial charge on any atom is 0.251 e. The quantitative estimate of drug-likeness (QED) is 0.332. The van der Waals surface area contributed by atoms with Crippen molar-refractivity contribution in [3.05, 3.63) is 47.3 Å². The maximum atomic E-state index is 16.8. The minimum atomic E-state index is -1.07. The molecule has 1 fully saturated rings. The zero-order valence-corrected chi connectivity index (χ0v) is 25.1. The number of amides is 2. The minimum absolute atomic E-state index is 0.0232. The molecule has 0 radical (unpaired) electrons. The van der Waals surface area contributed by atoms with E-state index < -0.39 is 29.6 Å². The zero-order chi connectivity index (χ0) is 31.2. The fourth-order valence-electron chi connectivity index (χ4n) is 6.36. The van der Waals surface area contributed by atoms with Gasteiger partial charge in [0.05, 0.1) is 34.0 Å². The fraction of sp³-hybridized carbons (Fsp3) is 0.310. The molecular formula is C29H25ClF3N7O3S. The average molecular weight is 644 g/mol. The highest BCUT2D eigenvalue weighted by Gasteiger charge is 2.48. The van der Waals surface area contributed by atoms with Crippen molar-refractivity contribution < 1.29 is 27.5 Å². The number of anilines is 3. The monoisotopic (exact) mass is 643 g/mol. The molecule has 1 saturated heterocycles. The summed E-state index contributed by atoms with van der Waals surface area (Å²) in [6, 6.07) is 1.33. The number of fused-ring (bicyclic) bond motifs is 5. The summed E-state index contributed by atoms with van der Waals surface area (Å²) in [4.78, 5) is 41.9. The number of likely N-dealkylation sites (N-methyl/N-ethyl adjacent to an activating group) is 1. The molecule has 2 aromatic carbocycles. The number of rotatable bonds is 4. The van der Waals surface area contributed by atoms with E-state index in [2.05, 4.69) is 16.5 Å². The van der Waals surface area contributed by atoms with Gasteiger partial charge in [0, 0.05) is 42.2 Å². The van der Waals surface area contributed by atoms with Gasteiger partial charge in [-0.25, -0.2) is 23.1 Å². The van der Waals surface area contributed by atoms with Crippen LogP contribution in [-0.2, 0) is 9.59 Å². The van der Waals surface area contributed by atoms with E-state index in [1.807, 2.05) is 23.9 Å². The Morgan fingerprint density at radius 2 is 1.93 bits per heavy atom. The normalized spacial score (nSPS) is 19.4. The molecule has 15 heteroatoms. The van der Waals surface area contributed by atoms with Gasteiger partial charge in [0.2, 0.25) is 11.8 Å². The SMILES string of the molecule is C=CC(=O)N1CCN2c3c4c(nc5c(F)c(-c6c(F)cc(F)c7sc(N)nc67)c(Cl)cc35)O[C@@H](CN(C)C)CN4C(=O)[C@H]2C1. The number of aromatic nitrogens is 2. The van der Waals surface area contributed by atoms with Crippen molar-refractivity contribution in [1.29, 1.82) is 0 Å². The Hall–Kier alpha value is -4.14. The second-order valence-electron chi connectivity index (χ2n) is 11.2. The molecule has 0 spiro atoms. The van der Waals surface area contributed by atoms with Crippen LogP contribution in [-0.4, -0.2) is 90.5 Å². The summed E-state index contributed by atoms with van der Waals surface area (Å²) in [6.07, 6.45) is 0.705. The van der Waals surface area contributed by atoms with Crippen molar-refractivity contribution in [3.8, 4) is 17.0 Å². The molecule has 2 atom stereocenters. The highest BCUT2D eigenvalue weighted by molar-refractivity contribution is 7.22. The summed E-state index contributed by atoms with van der Waals surface area (Å²) in [5.41, 5.74) is 5.62. The van der Waals surface area contributed by atoms with Gasteiger partial charge in [-0.05, 0) is 26.2 Å². The van der Waals surface area contributed by atoms with E-state index in [1.165, 1.54) is 12.1 Å². The molecule has 2 N–H and O–H groups in total. The summed E-state index contributed by atoms with van der Waals surface area (Å²) in [5.74, 6) is -3.42. The van der Waals surface area contributed by atoms with Crippen LogP contribution in [0.3, 0.4) is 0 Å². The Morgan fingerprint density at radius 1 is 1.16 bits per heavy atom. The summed E-state index contributed by atoms with van der Waals surface area (Å²) in [7, 11) is 3.71. The van der Waals surface area contributed by atoms with Gasteiger partial charge < -0.3 is 30.1 Å². The number of hydrogen-bond donors (Lipinski definition) is 1. The average Bonchev–Trinajstić information content (AvgIpc) is 3.37. The number of pyridine rings is 1. The molecule has 3 aliphatic heterocycles. The summed E-state index contributed by atoms with van der Waals surface area (Å²) in [6.45, 7) is 4.85. The summed E-state index contributed by atoms with van der Waals surface area (Å²) < 4.78 is 53.0. The van der Waals surface area contributed by atoms with Crippen LogP contribution in [0.15, 0.2) is 24.8 Å². The lowest BCUT2D eigenvalue weighted by Gasteiger charge is -2.50. The first-order valence-electron chi connectivity index (χ1n) is 13.7. The van der Waals surface area contributed by atoms with Gasteiger partial charge in [-0.2, -0.15) is 0 Å². The van der Waals surface area contributed by atoms with Crippen LogP contribution in [0.5, 0.6) is 5.88 Å². The van der Waals surface area contributed by atoms with Gasteiger partial charge in [-0.1, -0.05) is 29.5 Å². The number of nitrogens with zero attached hydrogens (tertiary/aromatic N) is 6. The van der Waals surface area contributed by atoms with E-state index in [1.54, 1.807) is 9.80 Å². The van der Waals surface area contributed by atoms with Gasteiger partial charge in [-0.15, -0.1) is 0 Å². The Kier molecular flexibility index (Phi) is 6.64. The topological polar surface area (TPSA) is 108 Å². The van der Waals surface area contributed by atoms with Crippen LogP contribution in [0.25, 0.3) is 32.2 Å². The Bertz CT molecular complexity index is 1940. The lowest BCUT2D eigenvalue weighted by molar-refractivity contribution is -0.128. The number of benzene rings is 2. The molecule has 10 nitrogen and oxygen atoms in total. The number of halogens is 4. The third-order valence-electron chi connectivity index (χ3n) is 8.14. The number of carbonyl (C=O) groups excluding carboxylic acids is 2. The van der Waals surface area contributed by atoms with Crippen LogP contribution in [0.2, 0.25) is 5.02 Å². The largest absolute Gasteiger partial charge is 0.470 e. The molecule has 228 valence electrons. The smallest absolute Gasteiger partial charge is 0.251 e. The molecule has 7 rings (SSSR count). The number of nitrogen functional groups attached to an aromatic ring is 1. The number of nitrogens with two attached hydrogens (primary N) is 1. The molecule has 2 aromatic heterocycles. The second-order valence-corrected chi connectivity index (χ2v) is 12.6. The van der Waals surface area contributed by atoms with Crippen molar-refractivity contribution in [2.24, 2.45) is 0 Å². The fourth-order valence-corrected chi connectivity index (χ4v) is 7.39. The first-order valence-corrected chi connectivity index (χ1v) is 14.9. The zero-order valence-electron chi connectivity index (χ0n) is 23.5. The van der Waals surface area contributed by atoms with E-state index in [9.17, 15) is 14.0 Å². The van der Waals surface area contributed by atoms with Crippen LogP contribution < -0.4 is 20.3 Å². The molecule has 5 heterocycles. The Labute approximate surface area is 258 Å². The van der Waals surface area contributed by atoms with E-state index in [0.717, 1.165) is 11.3 Å². The minimum Gasteiger partial charge on any atom is -0.470 e. The van der Waals surface area contributed by atoms with Crippen LogP contribution in [0, 0.1) is 17.5 Å². The third kappa shape index (κ3) is 4.19. The van der Waals surface area contributed by atoms with Crippen molar-refractivity contribution in [2.45, 2.75) is 12.1 Å². The van der Waals surface area contributed by atoms with Gasteiger partial charge in [0.25, 0.3) is 5.91 Å². The van der Waals surface area contributed by atoms with Gasteiger partial charge >= 0.3 is 0 Å². The molecular weight excluding hydrogens is 619 g/mol. The van der Waals surface area contributed by atoms with Gasteiger partial charge in [0.15, 0.2) is 10.9 Å². The van der Waals surface area contributed by atoms with Crippen molar-refractivity contribution in [1.82, 2.24) is 19.8 Å². The van der Waals surface area contributed by atoms with E-state index >= 15 is 8.78 Å². The molecule has 0 unspecified atom stereocenters. The Morgan fingerprint density at radius 3 is 2.66 bits per heavy atom. The van der Waals surface area contributed by atoms with E-state index in [-0.39, 0.29) is 86.3 Å². The lowest BCUT2D eigenvalue weighted by Crippen LogP contribution is -2.65. The molecule has 3 aliphatic rings. The van der Waals surface area contributed by atoms with Gasteiger partial charge in [-0.3, -0.25) is 9.59 Å². The summed E-state index contributed by atoms with van der Waals surface area (Å²) in [5, 5.41) is 0.0752. The predicted molar refractivity (Wildman–Crippen MR) is 163 cm³/mol. The number of piperazine rings is 1. The molecule has 4 aromatic rings. The molecule has 0 aliphatic carbocycles. The molecule has 0 bridgehead atoms. The van der Waals surface area contributed by atoms with Crippen molar-refractivity contribution in [2.75, 3.05) is 62.4 Å². The first-order chi connectivity index (χ1) is 21.0. The molecule has 0 saturated carbocycles. The van der Waals surface area contributed by atoms with Crippen molar-refractivity contribution in [3.63, 3.8) is 0 Å². The Balaban J connectivity index is 1.49. The number of ether oxygens (including phenoxy) is 1. The molecule has 2 amide bonds. The van der Waals surface area contributed by atoms with E-state index in [4.69, 9.17) is 22.1 Å². The van der Waals surface area contributed by atoms with E-state index in [0.29, 0.717) is 24.0 Å². The van der Waals surface area contributed by atoms with Gasteiger partial charge in [0.1, 0.15) is 35.0 Å². The number of hydrogen-bond acceptors (Lipinski definition) is 9. The highest BCUT2D eigenvalue weighted by atomic mass is 35.5. The maximum absolute atomic E-state index is 16.8. The van der Waals surface area contributed by atoms with Crippen LogP contribution >= 0.6 is 22.9 Å². The third-order valence-corrected chi connectivity index (χ3v) is 9.33. The second kappa shape index (κ2) is 10.2. The molecule has 44 heavy (non-hydrogen) atoms. The lowest BCUT2D eigenvalue weighted by atomic mass is 9.96. The number of carbonyl (C=O) groups is 2.